The molecule has 0 saturated heterocycles. The Morgan fingerprint density at radius 1 is 1.37 bits per heavy atom. The van der Waals surface area contributed by atoms with E-state index in [1.54, 1.807) is 14.0 Å². The first-order chi connectivity index (χ1) is 8.53. The van der Waals surface area contributed by atoms with Crippen LogP contribution < -0.4 is 5.32 Å². The highest BCUT2D eigenvalue weighted by Gasteiger charge is 2.57. The zero-order valence-electron chi connectivity index (χ0n) is 11.3. The number of hydrogen-bond acceptors (Lipinski definition) is 3. The number of carboxylic acids is 2. The second-order valence-corrected chi connectivity index (χ2v) is 6.61. The van der Waals surface area contributed by atoms with E-state index in [1.165, 1.54) is 0 Å². The number of carbonyl (C=O) groups is 2. The van der Waals surface area contributed by atoms with Gasteiger partial charge in [0.15, 0.2) is 5.70 Å². The predicted octanol–water partition coefficient (Wildman–Crippen LogP) is 1.45. The van der Waals surface area contributed by atoms with Crippen molar-refractivity contribution in [1.82, 2.24) is 5.32 Å². The summed E-state index contributed by atoms with van der Waals surface area (Å²) in [5.74, 6) is -2.51. The molecular weight excluding hydrogens is 316 g/mol. The van der Waals surface area contributed by atoms with E-state index >= 15 is 0 Å². The van der Waals surface area contributed by atoms with Gasteiger partial charge in [0.1, 0.15) is 6.54 Å². The summed E-state index contributed by atoms with van der Waals surface area (Å²) in [5.41, 5.74) is 0.595. The Labute approximate surface area is 120 Å². The van der Waals surface area contributed by atoms with Gasteiger partial charge in [-0.25, -0.2) is 9.59 Å². The van der Waals surface area contributed by atoms with Crippen molar-refractivity contribution in [2.24, 2.45) is 0 Å². The monoisotopic (exact) mass is 333 g/mol. The molecular formula is C12H18BrN2O4+. The molecule has 0 aromatic carbocycles. The lowest BCUT2D eigenvalue weighted by atomic mass is 10.2. The summed E-state index contributed by atoms with van der Waals surface area (Å²) in [5, 5.41) is 21.2. The van der Waals surface area contributed by atoms with Crippen LogP contribution in [0, 0.1) is 0 Å². The maximum Gasteiger partial charge on any atom is 0.393 e. The molecule has 3 N–H and O–H groups in total. The molecule has 0 spiro atoms. The molecule has 0 aliphatic carbocycles. The molecule has 0 bridgehead atoms. The molecule has 0 aromatic rings. The Morgan fingerprint density at radius 2 is 1.89 bits per heavy atom. The number of aliphatic carboxylic acids is 2. The normalized spacial score (nSPS) is 29.9. The van der Waals surface area contributed by atoms with Crippen LogP contribution in [0.1, 0.15) is 20.8 Å². The van der Waals surface area contributed by atoms with Crippen molar-refractivity contribution in [3.05, 3.63) is 23.0 Å². The lowest BCUT2D eigenvalue weighted by molar-refractivity contribution is -0.890. The minimum absolute atomic E-state index is 0.0881. The van der Waals surface area contributed by atoms with E-state index in [9.17, 15) is 14.7 Å². The van der Waals surface area contributed by atoms with Crippen LogP contribution in [0.5, 0.6) is 0 Å². The van der Waals surface area contributed by atoms with E-state index in [-0.39, 0.29) is 15.9 Å². The third kappa shape index (κ3) is 2.66. The largest absolute Gasteiger partial charge is 0.476 e. The van der Waals surface area contributed by atoms with Crippen LogP contribution in [0.3, 0.4) is 0 Å². The molecule has 7 heteroatoms. The van der Waals surface area contributed by atoms with Crippen LogP contribution in [0.4, 0.5) is 0 Å². The molecule has 2 atom stereocenters. The SMILES string of the molecule is CC(C)=CC[N+]1(C)C(C(=O)O)=C(C(=O)O)NC1(C)Br. The fourth-order valence-electron chi connectivity index (χ4n) is 1.97. The molecule has 0 aromatic heterocycles. The topological polar surface area (TPSA) is 86.6 Å². The Bertz CT molecular complexity index is 492. The van der Waals surface area contributed by atoms with Gasteiger partial charge in [-0.15, -0.1) is 0 Å². The zero-order chi connectivity index (χ0) is 15.0. The molecule has 1 aliphatic heterocycles. The van der Waals surface area contributed by atoms with Gasteiger partial charge in [0, 0.05) is 22.9 Å². The molecule has 0 radical (unpaired) electrons. The number of halogens is 1. The Balaban J connectivity index is 3.42. The predicted molar refractivity (Wildman–Crippen MR) is 73.2 cm³/mol. The molecule has 6 nitrogen and oxygen atoms in total. The highest BCUT2D eigenvalue weighted by Crippen LogP contribution is 2.40. The van der Waals surface area contributed by atoms with Crippen molar-refractivity contribution >= 4 is 27.9 Å². The van der Waals surface area contributed by atoms with Gasteiger partial charge in [-0.05, 0) is 19.9 Å². The number of rotatable bonds is 4. The third-order valence-corrected chi connectivity index (χ3v) is 4.27. The van der Waals surface area contributed by atoms with Gasteiger partial charge in [-0.1, -0.05) is 5.57 Å². The second kappa shape index (κ2) is 4.97. The third-order valence-electron chi connectivity index (χ3n) is 3.29. The summed E-state index contributed by atoms with van der Waals surface area (Å²) in [7, 11) is 1.68. The Morgan fingerprint density at radius 3 is 2.26 bits per heavy atom. The summed E-state index contributed by atoms with van der Waals surface area (Å²) in [4.78, 5) is 22.6. The maximum absolute atomic E-state index is 11.4. The molecule has 1 rings (SSSR count). The van der Waals surface area contributed by atoms with Crippen molar-refractivity contribution in [1.29, 1.82) is 0 Å². The van der Waals surface area contributed by atoms with Crippen molar-refractivity contribution in [2.45, 2.75) is 25.3 Å². The standard InChI is InChI=1S/C12H17BrN2O4/c1-7(2)5-6-15(4)9(11(18)19)8(10(16)17)14-12(15,3)13/h5,14H,6H2,1-4H3,(H-,16,17,18,19)/p+1. The number of carboxylic acid groups (broad SMARTS) is 2. The van der Waals surface area contributed by atoms with Gasteiger partial charge >= 0.3 is 11.9 Å². The molecule has 0 saturated carbocycles. The first-order valence-electron chi connectivity index (χ1n) is 5.70. The lowest BCUT2D eigenvalue weighted by Gasteiger charge is -2.39. The number of nitrogens with one attached hydrogen (secondary N) is 1. The summed E-state index contributed by atoms with van der Waals surface area (Å²) in [6.07, 6.45) is 1.88. The van der Waals surface area contributed by atoms with E-state index < -0.39 is 16.5 Å². The molecule has 0 fully saturated rings. The van der Waals surface area contributed by atoms with Gasteiger partial charge in [-0.2, -0.15) is 0 Å². The van der Waals surface area contributed by atoms with Crippen molar-refractivity contribution in [3.63, 3.8) is 0 Å². The van der Waals surface area contributed by atoms with Gasteiger partial charge in [-0.3, -0.25) is 4.48 Å². The molecule has 0 amide bonds. The smallest absolute Gasteiger partial charge is 0.393 e. The first kappa shape index (κ1) is 15.7. The average molecular weight is 334 g/mol. The second-order valence-electron chi connectivity index (χ2n) is 5.07. The fraction of sp³-hybridized carbons (Fsp3) is 0.500. The highest BCUT2D eigenvalue weighted by atomic mass is 79.9. The van der Waals surface area contributed by atoms with Crippen LogP contribution in [0.15, 0.2) is 23.0 Å². The van der Waals surface area contributed by atoms with E-state index in [2.05, 4.69) is 21.2 Å². The van der Waals surface area contributed by atoms with Crippen molar-refractivity contribution in [3.8, 4) is 0 Å². The number of allylic oxidation sites excluding steroid dienone is 1. The summed E-state index contributed by atoms with van der Waals surface area (Å²) in [6, 6.07) is 0. The summed E-state index contributed by atoms with van der Waals surface area (Å²) < 4.78 is -0.977. The number of hydrogen-bond donors (Lipinski definition) is 3. The molecule has 19 heavy (non-hydrogen) atoms. The molecule has 1 heterocycles. The van der Waals surface area contributed by atoms with E-state index in [1.807, 2.05) is 19.9 Å². The summed E-state index contributed by atoms with van der Waals surface area (Å²) in [6.45, 7) is 5.90. The number of alkyl halides is 1. The van der Waals surface area contributed by atoms with E-state index in [0.717, 1.165) is 5.57 Å². The van der Waals surface area contributed by atoms with Gasteiger partial charge in [0.05, 0.1) is 7.05 Å². The number of likely N-dealkylation sites (N-methyl/N-ethyl adjacent to an activating group) is 1. The zero-order valence-corrected chi connectivity index (χ0v) is 12.9. The van der Waals surface area contributed by atoms with Crippen molar-refractivity contribution in [2.75, 3.05) is 13.6 Å². The molecule has 1 aliphatic rings. The molecule has 2 unspecified atom stereocenters. The average Bonchev–Trinajstić information content (AvgIpc) is 2.44. The van der Waals surface area contributed by atoms with Crippen LogP contribution in [0.25, 0.3) is 0 Å². The van der Waals surface area contributed by atoms with E-state index in [0.29, 0.717) is 6.54 Å². The van der Waals surface area contributed by atoms with Crippen LogP contribution in [0.2, 0.25) is 0 Å². The number of quaternary nitrogens is 1. The summed E-state index contributed by atoms with van der Waals surface area (Å²) >= 11 is 3.40. The minimum atomic E-state index is -1.28. The van der Waals surface area contributed by atoms with Crippen LogP contribution in [-0.2, 0) is 9.59 Å². The van der Waals surface area contributed by atoms with Crippen molar-refractivity contribution < 1.29 is 24.3 Å². The minimum Gasteiger partial charge on any atom is -0.476 e. The highest BCUT2D eigenvalue weighted by molar-refractivity contribution is 9.10. The van der Waals surface area contributed by atoms with Gasteiger partial charge in [0.25, 0.3) is 5.70 Å². The Hall–Kier alpha value is -1.34. The maximum atomic E-state index is 11.4. The Kier molecular flexibility index (Phi) is 4.11. The molecule has 106 valence electrons. The fourth-order valence-corrected chi connectivity index (χ4v) is 2.49. The number of nitrogens with zero attached hydrogens (tertiary/aromatic N) is 1. The quantitative estimate of drug-likeness (QED) is 0.314. The van der Waals surface area contributed by atoms with Gasteiger partial charge < -0.3 is 15.5 Å². The first-order valence-corrected chi connectivity index (χ1v) is 6.50. The van der Waals surface area contributed by atoms with E-state index in [4.69, 9.17) is 5.11 Å². The lowest BCUT2D eigenvalue weighted by Crippen LogP contribution is -2.58. The van der Waals surface area contributed by atoms with Gasteiger partial charge in [0.2, 0.25) is 4.57 Å². The van der Waals surface area contributed by atoms with Crippen LogP contribution >= 0.6 is 15.9 Å². The van der Waals surface area contributed by atoms with Crippen LogP contribution in [-0.4, -0.2) is 44.8 Å².